The van der Waals surface area contributed by atoms with Gasteiger partial charge in [-0.1, -0.05) is 87.5 Å². The molecule has 5 nitrogen and oxygen atoms in total. The summed E-state index contributed by atoms with van der Waals surface area (Å²) in [4.78, 5) is 13.7. The van der Waals surface area contributed by atoms with Gasteiger partial charge in [0.25, 0.3) is 8.32 Å². The number of fused-ring (bicyclic) bond motifs is 2. The van der Waals surface area contributed by atoms with Gasteiger partial charge in [-0.05, 0) is 51.6 Å². The summed E-state index contributed by atoms with van der Waals surface area (Å²) in [6.45, 7) is 14.8. The Morgan fingerprint density at radius 2 is 1.53 bits per heavy atom. The van der Waals surface area contributed by atoms with E-state index < -0.39 is 25.8 Å². The van der Waals surface area contributed by atoms with Crippen LogP contribution in [0.15, 0.2) is 83.4 Å². The maximum atomic E-state index is 13.7. The number of benzene rings is 2. The van der Waals surface area contributed by atoms with Crippen LogP contribution in [0, 0.1) is 0 Å². The second-order valence-corrected chi connectivity index (χ2v) is 16.8. The van der Waals surface area contributed by atoms with Crippen LogP contribution in [0.3, 0.4) is 0 Å². The number of Topliss-reactive ketones (excluding diaryl/α,β-unsaturated/α-hetero) is 1. The third-order valence-electron chi connectivity index (χ3n) is 8.02. The average Bonchev–Trinajstić information content (AvgIpc) is 3.62. The van der Waals surface area contributed by atoms with Gasteiger partial charge in [-0.2, -0.15) is 0 Å². The second-order valence-electron chi connectivity index (χ2n) is 11.7. The van der Waals surface area contributed by atoms with E-state index in [0.717, 1.165) is 6.42 Å². The highest BCUT2D eigenvalue weighted by Crippen LogP contribution is 2.59. The van der Waals surface area contributed by atoms with Crippen molar-refractivity contribution in [2.24, 2.45) is 0 Å². The summed E-state index contributed by atoms with van der Waals surface area (Å²) in [5.41, 5.74) is -0.353. The molecule has 0 aromatic heterocycles. The molecule has 38 heavy (non-hydrogen) atoms. The van der Waals surface area contributed by atoms with Gasteiger partial charge in [0.05, 0.1) is 23.3 Å². The highest BCUT2D eigenvalue weighted by molar-refractivity contribution is 9.12. The van der Waals surface area contributed by atoms with E-state index in [-0.39, 0.29) is 29.6 Å². The number of carbonyl (C=O) groups excluding carboxylic acids is 1. The molecule has 2 aromatic rings. The fourth-order valence-electron chi connectivity index (χ4n) is 6.39. The van der Waals surface area contributed by atoms with Gasteiger partial charge in [-0.25, -0.2) is 0 Å². The lowest BCUT2D eigenvalue weighted by atomic mass is 9.81. The van der Waals surface area contributed by atoms with Gasteiger partial charge < -0.3 is 18.6 Å². The molecule has 0 unspecified atom stereocenters. The molecule has 7 heteroatoms. The molecule has 0 radical (unpaired) electrons. The summed E-state index contributed by atoms with van der Waals surface area (Å²) in [6, 6.07) is 20.9. The van der Waals surface area contributed by atoms with E-state index in [1.165, 1.54) is 10.4 Å². The fraction of sp³-hybridized carbons (Fsp3) is 0.452. The number of rotatable bonds is 7. The lowest BCUT2D eigenvalue weighted by molar-refractivity contribution is -0.301. The topological polar surface area (TPSA) is 57.3 Å². The molecule has 0 N–H and O–H groups in total. The van der Waals surface area contributed by atoms with E-state index in [0.29, 0.717) is 16.5 Å². The van der Waals surface area contributed by atoms with Gasteiger partial charge in [0.15, 0.2) is 11.7 Å². The van der Waals surface area contributed by atoms with Crippen LogP contribution >= 0.6 is 15.9 Å². The standard InChI is InChI=1S/C31H37BrO5Si/c1-7-18-30-27(33)26(32)25(31(28(30)37-30)35-21(2)19-22(3)36-31)20-34-38(29(4,5)6,23-14-10-8-11-15-23)24-16-12-9-13-17-24/h7-17,21-22,28H,1,18-20H2,2-6H3/t21-,22-,28+,30+/m1/s1. The minimum absolute atomic E-state index is 0.0688. The maximum absolute atomic E-state index is 13.7. The van der Waals surface area contributed by atoms with Crippen LogP contribution in [0.4, 0.5) is 0 Å². The lowest BCUT2D eigenvalue weighted by Gasteiger charge is -2.48. The van der Waals surface area contributed by atoms with E-state index in [9.17, 15) is 4.79 Å². The summed E-state index contributed by atoms with van der Waals surface area (Å²) >= 11 is 3.66. The van der Waals surface area contributed by atoms with E-state index in [1.54, 1.807) is 6.08 Å². The molecular formula is C31H37BrO5Si. The summed E-state index contributed by atoms with van der Waals surface area (Å²) < 4.78 is 27.1. The van der Waals surface area contributed by atoms with E-state index >= 15 is 0 Å². The number of carbonyl (C=O) groups is 1. The Bertz CT molecular complexity index is 1190. The third kappa shape index (κ3) is 4.23. The summed E-state index contributed by atoms with van der Waals surface area (Å²) in [5.74, 6) is -1.31. The Labute approximate surface area is 235 Å². The molecule has 5 rings (SSSR count). The Morgan fingerprint density at radius 1 is 1.00 bits per heavy atom. The molecule has 0 amide bonds. The monoisotopic (exact) mass is 596 g/mol. The van der Waals surface area contributed by atoms with Gasteiger partial charge in [0.2, 0.25) is 11.6 Å². The number of hydrogen-bond donors (Lipinski definition) is 0. The summed E-state index contributed by atoms with van der Waals surface area (Å²) in [6.07, 6.45) is 2.19. The van der Waals surface area contributed by atoms with Gasteiger partial charge in [0.1, 0.15) is 0 Å². The molecule has 3 aliphatic rings. The Hall–Kier alpha value is -1.87. The molecule has 2 fully saturated rings. The van der Waals surface area contributed by atoms with Gasteiger partial charge >= 0.3 is 0 Å². The minimum atomic E-state index is -2.88. The predicted octanol–water partition coefficient (Wildman–Crippen LogP) is 5.42. The quantitative estimate of drug-likeness (QED) is 0.243. The number of epoxide rings is 1. The Balaban J connectivity index is 1.64. The number of ketones is 1. The molecule has 1 spiro atoms. The largest absolute Gasteiger partial charge is 0.403 e. The molecule has 2 heterocycles. The van der Waals surface area contributed by atoms with Crippen molar-refractivity contribution in [3.05, 3.63) is 83.4 Å². The third-order valence-corrected chi connectivity index (χ3v) is 13.8. The number of ether oxygens (including phenoxy) is 3. The zero-order chi connectivity index (χ0) is 27.3. The number of halogens is 1. The van der Waals surface area contributed by atoms with Crippen molar-refractivity contribution in [1.82, 2.24) is 0 Å². The SMILES string of the molecule is C=CC[C@@]12O[C@@H]1C1(O[C@H](C)C[C@@H](C)O1)C(CO[Si](c1ccccc1)(c1ccccc1)C(C)(C)C)=C(Br)C2=O. The van der Waals surface area contributed by atoms with Crippen molar-refractivity contribution in [3.8, 4) is 0 Å². The molecule has 202 valence electrons. The van der Waals surface area contributed by atoms with Crippen molar-refractivity contribution in [3.63, 3.8) is 0 Å². The van der Waals surface area contributed by atoms with Crippen molar-refractivity contribution in [2.45, 2.75) is 82.2 Å². The molecule has 0 saturated carbocycles. The van der Waals surface area contributed by atoms with Gasteiger partial charge in [-0.3, -0.25) is 4.79 Å². The van der Waals surface area contributed by atoms with E-state index in [4.69, 9.17) is 18.6 Å². The second kappa shape index (κ2) is 9.95. The van der Waals surface area contributed by atoms with Crippen molar-refractivity contribution >= 4 is 40.4 Å². The average molecular weight is 598 g/mol. The molecule has 2 aromatic carbocycles. The van der Waals surface area contributed by atoms with Crippen molar-refractivity contribution in [1.29, 1.82) is 0 Å². The molecule has 2 aliphatic heterocycles. The van der Waals surface area contributed by atoms with E-state index in [2.05, 4.69) is 91.8 Å². The lowest BCUT2D eigenvalue weighted by Crippen LogP contribution is -2.67. The fourth-order valence-corrected chi connectivity index (χ4v) is 11.6. The van der Waals surface area contributed by atoms with E-state index in [1.807, 2.05) is 26.0 Å². The van der Waals surface area contributed by atoms with Crippen LogP contribution in [0.5, 0.6) is 0 Å². The Kier molecular flexibility index (Phi) is 7.25. The first kappa shape index (κ1) is 27.7. The van der Waals surface area contributed by atoms with Gasteiger partial charge in [-0.15, -0.1) is 6.58 Å². The number of hydrogen-bond acceptors (Lipinski definition) is 5. The summed E-state index contributed by atoms with van der Waals surface area (Å²) in [5, 5.41) is 2.12. The molecular weight excluding hydrogens is 560 g/mol. The maximum Gasteiger partial charge on any atom is 0.261 e. The first-order chi connectivity index (χ1) is 18.0. The molecule has 1 aliphatic carbocycles. The van der Waals surface area contributed by atoms with Crippen molar-refractivity contribution < 1.29 is 23.4 Å². The molecule has 2 saturated heterocycles. The Morgan fingerprint density at radius 3 is 2.00 bits per heavy atom. The predicted molar refractivity (Wildman–Crippen MR) is 155 cm³/mol. The minimum Gasteiger partial charge on any atom is -0.403 e. The zero-order valence-corrected chi connectivity index (χ0v) is 25.4. The van der Waals surface area contributed by atoms with Crippen LogP contribution in [0.2, 0.25) is 5.04 Å². The van der Waals surface area contributed by atoms with Crippen molar-refractivity contribution in [2.75, 3.05) is 6.61 Å². The van der Waals surface area contributed by atoms with Crippen LogP contribution in [0.1, 0.15) is 47.5 Å². The molecule has 0 bridgehead atoms. The first-order valence-corrected chi connectivity index (χ1v) is 16.1. The highest BCUT2D eigenvalue weighted by Gasteiger charge is 2.76. The van der Waals surface area contributed by atoms with Crippen LogP contribution in [-0.4, -0.2) is 50.4 Å². The van der Waals surface area contributed by atoms with Crippen LogP contribution < -0.4 is 10.4 Å². The highest BCUT2D eigenvalue weighted by atomic mass is 79.9. The zero-order valence-electron chi connectivity index (χ0n) is 22.8. The van der Waals surface area contributed by atoms with Crippen LogP contribution in [-0.2, 0) is 23.4 Å². The first-order valence-electron chi connectivity index (χ1n) is 13.3. The van der Waals surface area contributed by atoms with Gasteiger partial charge in [0, 0.05) is 12.0 Å². The molecule has 4 atom stereocenters. The summed E-state index contributed by atoms with van der Waals surface area (Å²) in [7, 11) is -2.88. The van der Waals surface area contributed by atoms with Crippen LogP contribution in [0.25, 0.3) is 0 Å². The normalized spacial score (nSPS) is 31.3. The smallest absolute Gasteiger partial charge is 0.261 e.